The summed E-state index contributed by atoms with van der Waals surface area (Å²) in [5, 5.41) is 0. The van der Waals surface area contributed by atoms with Gasteiger partial charge in [-0.2, -0.15) is 0 Å². The Morgan fingerprint density at radius 2 is 2.00 bits per heavy atom. The number of hydrogen-bond donors (Lipinski definition) is 1. The number of rotatable bonds is 3. The summed E-state index contributed by atoms with van der Waals surface area (Å²) in [6.45, 7) is 6.20. The van der Waals surface area contributed by atoms with Gasteiger partial charge in [-0.3, -0.25) is 9.69 Å². The van der Waals surface area contributed by atoms with Crippen LogP contribution in [-0.4, -0.2) is 54.0 Å². The molecule has 0 aromatic carbocycles. The van der Waals surface area contributed by atoms with E-state index in [0.29, 0.717) is 6.04 Å². The van der Waals surface area contributed by atoms with Gasteiger partial charge in [0.1, 0.15) is 0 Å². The second-order valence-corrected chi connectivity index (χ2v) is 5.34. The van der Waals surface area contributed by atoms with Gasteiger partial charge in [0.2, 0.25) is 5.91 Å². The van der Waals surface area contributed by atoms with Crippen molar-refractivity contribution in [2.45, 2.75) is 51.1 Å². The molecule has 0 radical (unpaired) electrons. The van der Waals surface area contributed by atoms with Crippen LogP contribution in [0, 0.1) is 0 Å². The molecule has 0 aromatic rings. The van der Waals surface area contributed by atoms with Crippen LogP contribution in [0.2, 0.25) is 0 Å². The summed E-state index contributed by atoms with van der Waals surface area (Å²) in [7, 11) is 0. The molecule has 2 N–H and O–H groups in total. The third-order valence-corrected chi connectivity index (χ3v) is 4.12. The van der Waals surface area contributed by atoms with Gasteiger partial charge in [-0.15, -0.1) is 0 Å². The van der Waals surface area contributed by atoms with Crippen LogP contribution in [0.15, 0.2) is 0 Å². The number of likely N-dealkylation sites (tertiary alicyclic amines) is 2. The molecule has 4 heteroatoms. The molecule has 0 spiro atoms. The lowest BCUT2D eigenvalue weighted by atomic mass is 10.0. The fraction of sp³-hybridized carbons (Fsp3) is 0.923. The fourth-order valence-electron chi connectivity index (χ4n) is 2.97. The first-order chi connectivity index (χ1) is 8.22. The molecule has 0 saturated carbocycles. The molecule has 2 rings (SSSR count). The monoisotopic (exact) mass is 239 g/mol. The molecular weight excluding hydrogens is 214 g/mol. The Morgan fingerprint density at radius 3 is 2.65 bits per heavy atom. The Labute approximate surface area is 104 Å². The molecule has 2 fully saturated rings. The van der Waals surface area contributed by atoms with Gasteiger partial charge in [0.15, 0.2) is 0 Å². The van der Waals surface area contributed by atoms with Gasteiger partial charge in [-0.25, -0.2) is 0 Å². The maximum absolute atomic E-state index is 12.1. The van der Waals surface area contributed by atoms with Crippen LogP contribution in [0.1, 0.15) is 39.0 Å². The Hall–Kier alpha value is -0.610. The van der Waals surface area contributed by atoms with Gasteiger partial charge in [-0.1, -0.05) is 6.92 Å². The Morgan fingerprint density at radius 1 is 1.29 bits per heavy atom. The average Bonchev–Trinajstić information content (AvgIpc) is 2.91. The normalized spacial score (nSPS) is 28.4. The lowest BCUT2D eigenvalue weighted by molar-refractivity contribution is -0.134. The smallest absolute Gasteiger partial charge is 0.239 e. The maximum atomic E-state index is 12.1. The summed E-state index contributed by atoms with van der Waals surface area (Å²) in [6, 6.07) is 0.284. The summed E-state index contributed by atoms with van der Waals surface area (Å²) in [4.78, 5) is 16.6. The molecule has 0 aromatic heterocycles. The van der Waals surface area contributed by atoms with E-state index in [1.165, 1.54) is 32.4 Å². The molecule has 98 valence electrons. The summed E-state index contributed by atoms with van der Waals surface area (Å²) in [6.07, 6.45) is 5.75. The van der Waals surface area contributed by atoms with Gasteiger partial charge in [0.05, 0.1) is 6.04 Å². The number of carbonyl (C=O) groups is 1. The quantitative estimate of drug-likeness (QED) is 0.793. The highest BCUT2D eigenvalue weighted by Gasteiger charge is 2.30. The summed E-state index contributed by atoms with van der Waals surface area (Å²) < 4.78 is 0. The molecule has 0 bridgehead atoms. The molecule has 17 heavy (non-hydrogen) atoms. The lowest BCUT2D eigenvalue weighted by Crippen LogP contribution is -2.52. The Kier molecular flexibility index (Phi) is 4.40. The van der Waals surface area contributed by atoms with Crippen molar-refractivity contribution in [2.75, 3.05) is 26.2 Å². The molecular formula is C13H25N3O. The van der Waals surface area contributed by atoms with Crippen LogP contribution in [0.3, 0.4) is 0 Å². The second kappa shape index (κ2) is 5.83. The standard InChI is InChI=1S/C13H25N3O/c1-2-12(14)13(17)16-9-5-6-11(10-16)15-7-3-4-8-15/h11-12H,2-10,14H2,1H3/t11?,12-/m0/s1. The van der Waals surface area contributed by atoms with E-state index in [0.717, 1.165) is 25.9 Å². The predicted molar refractivity (Wildman–Crippen MR) is 68.7 cm³/mol. The molecule has 2 atom stereocenters. The van der Waals surface area contributed by atoms with E-state index in [-0.39, 0.29) is 11.9 Å². The van der Waals surface area contributed by atoms with Crippen LogP contribution in [0.5, 0.6) is 0 Å². The van der Waals surface area contributed by atoms with Crippen LogP contribution in [0.25, 0.3) is 0 Å². The van der Waals surface area contributed by atoms with Gasteiger partial charge < -0.3 is 10.6 Å². The van der Waals surface area contributed by atoms with Crippen molar-refractivity contribution in [2.24, 2.45) is 5.73 Å². The molecule has 2 heterocycles. The number of nitrogens with zero attached hydrogens (tertiary/aromatic N) is 2. The number of piperidine rings is 1. The Bertz CT molecular complexity index is 263. The van der Waals surface area contributed by atoms with Crippen molar-refractivity contribution in [3.63, 3.8) is 0 Å². The summed E-state index contributed by atoms with van der Waals surface area (Å²) in [5.41, 5.74) is 5.84. The maximum Gasteiger partial charge on any atom is 0.239 e. The third kappa shape index (κ3) is 2.99. The predicted octanol–water partition coefficient (Wildman–Crippen LogP) is 0.811. The minimum atomic E-state index is -0.299. The number of amides is 1. The van der Waals surface area contributed by atoms with Crippen molar-refractivity contribution in [3.8, 4) is 0 Å². The van der Waals surface area contributed by atoms with Gasteiger partial charge in [0.25, 0.3) is 0 Å². The average molecular weight is 239 g/mol. The zero-order valence-electron chi connectivity index (χ0n) is 10.9. The topological polar surface area (TPSA) is 49.6 Å². The van der Waals surface area contributed by atoms with E-state index in [4.69, 9.17) is 5.73 Å². The van der Waals surface area contributed by atoms with Crippen molar-refractivity contribution in [1.29, 1.82) is 0 Å². The first-order valence-electron chi connectivity index (χ1n) is 7.00. The minimum Gasteiger partial charge on any atom is -0.340 e. The van der Waals surface area contributed by atoms with E-state index >= 15 is 0 Å². The zero-order chi connectivity index (χ0) is 12.3. The van der Waals surface area contributed by atoms with Crippen LogP contribution in [-0.2, 0) is 4.79 Å². The van der Waals surface area contributed by atoms with Crippen molar-refractivity contribution < 1.29 is 4.79 Å². The number of carbonyl (C=O) groups excluding carboxylic acids is 1. The van der Waals surface area contributed by atoms with Crippen LogP contribution in [0.4, 0.5) is 0 Å². The molecule has 0 aliphatic carbocycles. The highest BCUT2D eigenvalue weighted by molar-refractivity contribution is 5.81. The van der Waals surface area contributed by atoms with E-state index < -0.39 is 0 Å². The van der Waals surface area contributed by atoms with Crippen molar-refractivity contribution in [3.05, 3.63) is 0 Å². The molecule has 1 amide bonds. The SMILES string of the molecule is CC[C@H](N)C(=O)N1CCCC(N2CCCC2)C1. The highest BCUT2D eigenvalue weighted by atomic mass is 16.2. The van der Waals surface area contributed by atoms with Crippen molar-refractivity contribution in [1.82, 2.24) is 9.80 Å². The highest BCUT2D eigenvalue weighted by Crippen LogP contribution is 2.20. The van der Waals surface area contributed by atoms with Crippen LogP contribution < -0.4 is 5.73 Å². The van der Waals surface area contributed by atoms with Gasteiger partial charge in [0, 0.05) is 19.1 Å². The van der Waals surface area contributed by atoms with Crippen LogP contribution >= 0.6 is 0 Å². The molecule has 2 aliphatic heterocycles. The molecule has 4 nitrogen and oxygen atoms in total. The minimum absolute atomic E-state index is 0.149. The third-order valence-electron chi connectivity index (χ3n) is 4.12. The van der Waals surface area contributed by atoms with E-state index in [1.54, 1.807) is 0 Å². The largest absolute Gasteiger partial charge is 0.340 e. The molecule has 2 saturated heterocycles. The first-order valence-corrected chi connectivity index (χ1v) is 7.00. The summed E-state index contributed by atoms with van der Waals surface area (Å²) >= 11 is 0. The number of nitrogens with two attached hydrogens (primary N) is 1. The van der Waals surface area contributed by atoms with E-state index in [1.807, 2.05) is 11.8 Å². The lowest BCUT2D eigenvalue weighted by Gasteiger charge is -2.38. The Balaban J connectivity index is 1.89. The zero-order valence-corrected chi connectivity index (χ0v) is 10.9. The van der Waals surface area contributed by atoms with Gasteiger partial charge >= 0.3 is 0 Å². The van der Waals surface area contributed by atoms with E-state index in [2.05, 4.69) is 4.90 Å². The molecule has 1 unspecified atom stereocenters. The summed E-state index contributed by atoms with van der Waals surface area (Å²) in [5.74, 6) is 0.149. The molecule has 2 aliphatic rings. The second-order valence-electron chi connectivity index (χ2n) is 5.34. The first kappa shape index (κ1) is 12.8. The number of hydrogen-bond acceptors (Lipinski definition) is 3. The van der Waals surface area contributed by atoms with Gasteiger partial charge in [-0.05, 0) is 45.2 Å². The fourth-order valence-corrected chi connectivity index (χ4v) is 2.97. The van der Waals surface area contributed by atoms with E-state index in [9.17, 15) is 4.79 Å². The van der Waals surface area contributed by atoms with Crippen molar-refractivity contribution >= 4 is 5.91 Å².